The average Bonchev–Trinajstić information content (AvgIpc) is 2.36. The van der Waals surface area contributed by atoms with Crippen molar-refractivity contribution in [1.82, 2.24) is 4.98 Å². The lowest BCUT2D eigenvalue weighted by Crippen LogP contribution is -1.93. The molecule has 0 aliphatic heterocycles. The van der Waals surface area contributed by atoms with Crippen molar-refractivity contribution in [3.8, 4) is 17.6 Å². The first-order chi connectivity index (χ1) is 9.02. The number of ether oxygens (including phenoxy) is 1. The Balaban J connectivity index is 2.45. The van der Waals surface area contributed by atoms with Crippen LogP contribution >= 0.6 is 23.2 Å². The van der Waals surface area contributed by atoms with Gasteiger partial charge in [-0.1, -0.05) is 23.2 Å². The molecule has 0 bridgehead atoms. The van der Waals surface area contributed by atoms with Gasteiger partial charge in [0.15, 0.2) is 5.15 Å². The first-order valence-corrected chi connectivity index (χ1v) is 6.27. The average molecular weight is 293 g/mol. The van der Waals surface area contributed by atoms with Gasteiger partial charge in [-0.25, -0.2) is 4.98 Å². The van der Waals surface area contributed by atoms with E-state index in [-0.39, 0.29) is 10.7 Å². The molecule has 0 saturated heterocycles. The predicted octanol–water partition coefficient (Wildman–Crippen LogP) is 4.67. The second kappa shape index (κ2) is 5.48. The molecular formula is C14H10Cl2N2O. The number of pyridine rings is 1. The normalized spacial score (nSPS) is 10.1. The molecule has 5 heteroatoms. The van der Waals surface area contributed by atoms with E-state index in [4.69, 9.17) is 33.2 Å². The highest BCUT2D eigenvalue weighted by Crippen LogP contribution is 2.32. The Hall–Kier alpha value is -1.76. The van der Waals surface area contributed by atoms with Gasteiger partial charge >= 0.3 is 0 Å². The van der Waals surface area contributed by atoms with Gasteiger partial charge in [-0.3, -0.25) is 0 Å². The van der Waals surface area contributed by atoms with Gasteiger partial charge in [-0.2, -0.15) is 5.26 Å². The van der Waals surface area contributed by atoms with Gasteiger partial charge in [0.2, 0.25) is 0 Å². The quantitative estimate of drug-likeness (QED) is 0.756. The predicted molar refractivity (Wildman–Crippen MR) is 75.0 cm³/mol. The molecule has 0 amide bonds. The lowest BCUT2D eigenvalue weighted by Gasteiger charge is -2.12. The van der Waals surface area contributed by atoms with E-state index in [0.717, 1.165) is 11.1 Å². The van der Waals surface area contributed by atoms with E-state index in [9.17, 15) is 0 Å². The lowest BCUT2D eigenvalue weighted by molar-refractivity contribution is 0.476. The first-order valence-electron chi connectivity index (χ1n) is 5.52. The maximum Gasteiger partial charge on any atom is 0.150 e. The molecule has 1 aromatic carbocycles. The van der Waals surface area contributed by atoms with Gasteiger partial charge in [0.25, 0.3) is 0 Å². The highest BCUT2D eigenvalue weighted by atomic mass is 35.5. The summed E-state index contributed by atoms with van der Waals surface area (Å²) in [4.78, 5) is 3.85. The van der Waals surface area contributed by atoms with Crippen LogP contribution in [0.2, 0.25) is 10.2 Å². The Morgan fingerprint density at radius 1 is 1.16 bits per heavy atom. The van der Waals surface area contributed by atoms with Gasteiger partial charge in [0.1, 0.15) is 23.1 Å². The highest BCUT2D eigenvalue weighted by Gasteiger charge is 2.12. The van der Waals surface area contributed by atoms with Gasteiger partial charge in [-0.05, 0) is 37.1 Å². The summed E-state index contributed by atoms with van der Waals surface area (Å²) in [6.07, 6.45) is 1.50. The van der Waals surface area contributed by atoms with E-state index in [1.54, 1.807) is 6.07 Å². The molecule has 0 N–H and O–H groups in total. The molecule has 0 atom stereocenters. The second-order valence-electron chi connectivity index (χ2n) is 4.06. The van der Waals surface area contributed by atoms with Crippen LogP contribution in [0.3, 0.4) is 0 Å². The zero-order valence-electron chi connectivity index (χ0n) is 10.4. The molecular weight excluding hydrogens is 283 g/mol. The molecule has 0 aliphatic rings. The Morgan fingerprint density at radius 2 is 1.89 bits per heavy atom. The summed E-state index contributed by atoms with van der Waals surface area (Å²) in [5.74, 6) is 1.02. The molecule has 0 saturated carbocycles. The maximum absolute atomic E-state index is 9.07. The van der Waals surface area contributed by atoms with Gasteiger partial charge in [0, 0.05) is 17.3 Å². The van der Waals surface area contributed by atoms with Crippen molar-refractivity contribution in [2.24, 2.45) is 0 Å². The smallest absolute Gasteiger partial charge is 0.150 e. The Labute approximate surface area is 121 Å². The molecule has 3 nitrogen and oxygen atoms in total. The Morgan fingerprint density at radius 3 is 2.58 bits per heavy atom. The van der Waals surface area contributed by atoms with Crippen LogP contribution in [0.5, 0.6) is 11.5 Å². The molecule has 1 heterocycles. The summed E-state index contributed by atoms with van der Waals surface area (Å²) in [5.41, 5.74) is 2.00. The lowest BCUT2D eigenvalue weighted by atomic mass is 10.1. The minimum atomic E-state index is 0.128. The molecule has 0 aliphatic carbocycles. The number of aryl methyl sites for hydroxylation is 2. The monoisotopic (exact) mass is 292 g/mol. The third-order valence-corrected chi connectivity index (χ3v) is 3.35. The summed E-state index contributed by atoms with van der Waals surface area (Å²) >= 11 is 11.9. The van der Waals surface area contributed by atoms with E-state index in [1.165, 1.54) is 6.20 Å². The Kier molecular flexibility index (Phi) is 3.94. The van der Waals surface area contributed by atoms with Crippen molar-refractivity contribution in [1.29, 1.82) is 5.26 Å². The van der Waals surface area contributed by atoms with Crippen LogP contribution in [-0.2, 0) is 0 Å². The SMILES string of the molecule is Cc1cc(Oc2ccnc(Cl)c2C#N)c(C)cc1Cl. The first kappa shape index (κ1) is 13.7. The van der Waals surface area contributed by atoms with Gasteiger partial charge in [0.05, 0.1) is 0 Å². The molecule has 0 fully saturated rings. The number of halogens is 2. The van der Waals surface area contributed by atoms with Crippen LogP contribution < -0.4 is 4.74 Å². The van der Waals surface area contributed by atoms with Crippen molar-refractivity contribution >= 4 is 23.2 Å². The highest BCUT2D eigenvalue weighted by molar-refractivity contribution is 6.31. The van der Waals surface area contributed by atoms with Crippen LogP contribution in [0.4, 0.5) is 0 Å². The van der Waals surface area contributed by atoms with Crippen molar-refractivity contribution in [3.05, 3.63) is 51.3 Å². The fourth-order valence-electron chi connectivity index (χ4n) is 1.59. The number of benzene rings is 1. The number of nitriles is 1. The van der Waals surface area contributed by atoms with Crippen molar-refractivity contribution < 1.29 is 4.74 Å². The van der Waals surface area contributed by atoms with Gasteiger partial charge < -0.3 is 4.74 Å². The number of hydrogen-bond acceptors (Lipinski definition) is 3. The standard InChI is InChI=1S/C14H10Cl2N2O/c1-8-6-13(9(2)5-11(8)15)19-12-3-4-18-14(16)10(12)7-17/h3-6H,1-2H3. The molecule has 96 valence electrons. The van der Waals surface area contributed by atoms with Crippen molar-refractivity contribution in [3.63, 3.8) is 0 Å². The van der Waals surface area contributed by atoms with Crippen LogP contribution in [0.25, 0.3) is 0 Å². The topological polar surface area (TPSA) is 45.9 Å². The largest absolute Gasteiger partial charge is 0.456 e. The summed E-state index contributed by atoms with van der Waals surface area (Å²) in [6.45, 7) is 3.77. The third kappa shape index (κ3) is 2.81. The number of nitrogens with zero attached hydrogens (tertiary/aromatic N) is 2. The van der Waals surface area contributed by atoms with Crippen LogP contribution in [0, 0.1) is 25.2 Å². The summed E-state index contributed by atoms with van der Waals surface area (Å²) < 4.78 is 5.74. The maximum atomic E-state index is 9.07. The van der Waals surface area contributed by atoms with E-state index in [2.05, 4.69) is 4.98 Å². The van der Waals surface area contributed by atoms with E-state index >= 15 is 0 Å². The zero-order chi connectivity index (χ0) is 14.0. The van der Waals surface area contributed by atoms with Crippen molar-refractivity contribution in [2.75, 3.05) is 0 Å². The van der Waals surface area contributed by atoms with E-state index < -0.39 is 0 Å². The Bertz CT molecular complexity index is 678. The zero-order valence-corrected chi connectivity index (χ0v) is 11.9. The molecule has 0 spiro atoms. The number of rotatable bonds is 2. The molecule has 0 unspecified atom stereocenters. The van der Waals surface area contributed by atoms with E-state index in [1.807, 2.05) is 32.0 Å². The molecule has 0 radical (unpaired) electrons. The molecule has 1 aromatic heterocycles. The minimum absolute atomic E-state index is 0.128. The minimum Gasteiger partial charge on any atom is -0.456 e. The summed E-state index contributed by atoms with van der Waals surface area (Å²) in [5, 5.41) is 9.88. The summed E-state index contributed by atoms with van der Waals surface area (Å²) in [7, 11) is 0. The van der Waals surface area contributed by atoms with E-state index in [0.29, 0.717) is 16.5 Å². The molecule has 19 heavy (non-hydrogen) atoms. The molecule has 2 aromatic rings. The number of aromatic nitrogens is 1. The van der Waals surface area contributed by atoms with Crippen molar-refractivity contribution in [2.45, 2.75) is 13.8 Å². The third-order valence-electron chi connectivity index (χ3n) is 2.65. The van der Waals surface area contributed by atoms with Crippen LogP contribution in [0.1, 0.15) is 16.7 Å². The van der Waals surface area contributed by atoms with Gasteiger partial charge in [-0.15, -0.1) is 0 Å². The fraction of sp³-hybridized carbons (Fsp3) is 0.143. The van der Waals surface area contributed by atoms with Crippen LogP contribution in [0.15, 0.2) is 24.4 Å². The summed E-state index contributed by atoms with van der Waals surface area (Å²) in [6, 6.07) is 7.24. The van der Waals surface area contributed by atoms with Crippen LogP contribution in [-0.4, -0.2) is 4.98 Å². The fourth-order valence-corrected chi connectivity index (χ4v) is 2.00. The second-order valence-corrected chi connectivity index (χ2v) is 4.82. The molecule has 2 rings (SSSR count). The number of hydrogen-bond donors (Lipinski definition) is 0.